The number of hydrogen-bond acceptors (Lipinski definition) is 2. The minimum absolute atomic E-state index is 0.0344. The smallest absolute Gasteiger partial charge is 0.315 e. The number of piperidine rings is 1. The molecule has 92 valence electrons. The molecule has 0 bridgehead atoms. The van der Waals surface area contributed by atoms with E-state index in [2.05, 4.69) is 22.6 Å². The van der Waals surface area contributed by atoms with Crippen LogP contribution in [0.5, 0.6) is 0 Å². The van der Waals surface area contributed by atoms with Gasteiger partial charge in [0.2, 0.25) is 0 Å². The summed E-state index contributed by atoms with van der Waals surface area (Å²) in [6.07, 6.45) is 7.12. The molecule has 2 aliphatic rings. The van der Waals surface area contributed by atoms with Crippen LogP contribution in [0.15, 0.2) is 0 Å². The Kier molecular flexibility index (Phi) is 4.04. The first kappa shape index (κ1) is 11.7. The van der Waals surface area contributed by atoms with Crippen LogP contribution in [0.3, 0.4) is 0 Å². The first-order chi connectivity index (χ1) is 7.74. The van der Waals surface area contributed by atoms with Gasteiger partial charge in [-0.05, 0) is 39.3 Å². The van der Waals surface area contributed by atoms with E-state index in [1.165, 1.54) is 19.3 Å². The van der Waals surface area contributed by atoms with E-state index in [1.807, 2.05) is 0 Å². The summed E-state index contributed by atoms with van der Waals surface area (Å²) in [5.41, 5.74) is 0. The van der Waals surface area contributed by atoms with E-state index in [4.69, 9.17) is 0 Å². The highest BCUT2D eigenvalue weighted by Gasteiger charge is 2.21. The van der Waals surface area contributed by atoms with Crippen LogP contribution in [0.4, 0.5) is 4.79 Å². The van der Waals surface area contributed by atoms with E-state index in [-0.39, 0.29) is 6.03 Å². The van der Waals surface area contributed by atoms with Crippen LogP contribution in [-0.2, 0) is 0 Å². The summed E-state index contributed by atoms with van der Waals surface area (Å²) < 4.78 is 0. The second kappa shape index (κ2) is 5.53. The maximum Gasteiger partial charge on any atom is 0.315 e. The van der Waals surface area contributed by atoms with Crippen LogP contribution in [0.2, 0.25) is 0 Å². The third-order valence-corrected chi connectivity index (χ3v) is 3.65. The minimum atomic E-state index is 0.0344. The molecule has 0 aromatic carbocycles. The Bertz CT molecular complexity index is 238. The first-order valence-electron chi connectivity index (χ1n) is 6.49. The number of rotatable bonds is 2. The molecule has 2 fully saturated rings. The summed E-state index contributed by atoms with van der Waals surface area (Å²) in [5, 5.41) is 6.16. The van der Waals surface area contributed by atoms with Crippen molar-refractivity contribution in [2.75, 3.05) is 20.1 Å². The molecule has 0 unspecified atom stereocenters. The number of urea groups is 1. The predicted molar refractivity (Wildman–Crippen MR) is 64.4 cm³/mol. The lowest BCUT2D eigenvalue weighted by Crippen LogP contribution is -2.51. The van der Waals surface area contributed by atoms with E-state index in [1.54, 1.807) is 0 Å². The number of nitrogens with one attached hydrogen (secondary N) is 2. The molecule has 1 saturated carbocycles. The normalized spacial score (nSPS) is 27.9. The molecular formula is C12H23N3O. The second-order valence-corrected chi connectivity index (χ2v) is 5.20. The van der Waals surface area contributed by atoms with Crippen molar-refractivity contribution < 1.29 is 4.79 Å². The highest BCUT2D eigenvalue weighted by atomic mass is 16.2. The Morgan fingerprint density at radius 2 is 1.69 bits per heavy atom. The molecule has 0 aromatic heterocycles. The zero-order valence-corrected chi connectivity index (χ0v) is 10.2. The van der Waals surface area contributed by atoms with Crippen LogP contribution in [0.1, 0.15) is 38.5 Å². The summed E-state index contributed by atoms with van der Waals surface area (Å²) in [7, 11) is 2.11. The summed E-state index contributed by atoms with van der Waals surface area (Å²) in [4.78, 5) is 14.0. The van der Waals surface area contributed by atoms with Crippen LogP contribution in [-0.4, -0.2) is 43.2 Å². The van der Waals surface area contributed by atoms with Gasteiger partial charge in [0.05, 0.1) is 0 Å². The second-order valence-electron chi connectivity index (χ2n) is 5.20. The van der Waals surface area contributed by atoms with Gasteiger partial charge in [-0.1, -0.05) is 12.8 Å². The van der Waals surface area contributed by atoms with Crippen LogP contribution < -0.4 is 10.6 Å². The fourth-order valence-electron chi connectivity index (χ4n) is 2.77. The van der Waals surface area contributed by atoms with Crippen molar-refractivity contribution in [2.24, 2.45) is 0 Å². The lowest BCUT2D eigenvalue weighted by atomic mass is 10.1. The molecule has 1 aliphatic carbocycles. The Balaban J connectivity index is 1.69. The molecular weight excluding hydrogens is 202 g/mol. The van der Waals surface area contributed by atoms with Gasteiger partial charge in [0, 0.05) is 18.6 Å². The van der Waals surface area contributed by atoms with Gasteiger partial charge in [-0.25, -0.2) is 4.79 Å². The minimum Gasteiger partial charge on any atom is -0.335 e. The van der Waals surface area contributed by atoms with Crippen LogP contribution in [0, 0.1) is 0 Å². The highest BCUT2D eigenvalue weighted by molar-refractivity contribution is 5.74. The zero-order valence-electron chi connectivity index (χ0n) is 10.2. The van der Waals surface area contributed by atoms with Crippen molar-refractivity contribution in [3.63, 3.8) is 0 Å². The Morgan fingerprint density at radius 1 is 1.06 bits per heavy atom. The van der Waals surface area contributed by atoms with Crippen molar-refractivity contribution in [3.8, 4) is 0 Å². The quantitative estimate of drug-likeness (QED) is 0.744. The largest absolute Gasteiger partial charge is 0.335 e. The highest BCUT2D eigenvalue weighted by Crippen LogP contribution is 2.17. The molecule has 4 heteroatoms. The summed E-state index contributed by atoms with van der Waals surface area (Å²) >= 11 is 0. The summed E-state index contributed by atoms with van der Waals surface area (Å²) in [5.74, 6) is 0. The molecule has 2 N–H and O–H groups in total. The standard InChI is InChI=1S/C12H23N3O/c1-15-8-4-7-11(9-15)14-12(16)13-10-5-2-3-6-10/h10-11H,2-9H2,1H3,(H2,13,14,16)/t11-/m1/s1. The molecule has 4 nitrogen and oxygen atoms in total. The Hall–Kier alpha value is -0.770. The molecule has 1 atom stereocenters. The van der Waals surface area contributed by atoms with Gasteiger partial charge in [0.1, 0.15) is 0 Å². The van der Waals surface area contributed by atoms with Crippen molar-refractivity contribution in [1.82, 2.24) is 15.5 Å². The molecule has 2 rings (SSSR count). The van der Waals surface area contributed by atoms with Crippen molar-refractivity contribution >= 4 is 6.03 Å². The maximum atomic E-state index is 11.7. The molecule has 0 radical (unpaired) electrons. The van der Waals surface area contributed by atoms with E-state index < -0.39 is 0 Å². The molecule has 0 aromatic rings. The lowest BCUT2D eigenvalue weighted by molar-refractivity contribution is 0.207. The lowest BCUT2D eigenvalue weighted by Gasteiger charge is -2.30. The van der Waals surface area contributed by atoms with E-state index >= 15 is 0 Å². The number of likely N-dealkylation sites (tertiary alicyclic amines) is 1. The van der Waals surface area contributed by atoms with Crippen molar-refractivity contribution in [3.05, 3.63) is 0 Å². The molecule has 1 heterocycles. The number of carbonyl (C=O) groups excluding carboxylic acids is 1. The SMILES string of the molecule is CN1CCC[C@@H](NC(=O)NC2CCCC2)C1. The Labute approximate surface area is 97.8 Å². The first-order valence-corrected chi connectivity index (χ1v) is 6.49. The van der Waals surface area contributed by atoms with Gasteiger partial charge < -0.3 is 15.5 Å². The molecule has 1 saturated heterocycles. The average molecular weight is 225 g/mol. The monoisotopic (exact) mass is 225 g/mol. The number of carbonyl (C=O) groups is 1. The fourth-order valence-corrected chi connectivity index (χ4v) is 2.77. The zero-order chi connectivity index (χ0) is 11.4. The number of hydrogen-bond donors (Lipinski definition) is 2. The third kappa shape index (κ3) is 3.37. The van der Waals surface area contributed by atoms with Gasteiger partial charge in [-0.2, -0.15) is 0 Å². The molecule has 16 heavy (non-hydrogen) atoms. The fraction of sp³-hybridized carbons (Fsp3) is 0.917. The molecule has 1 aliphatic heterocycles. The maximum absolute atomic E-state index is 11.7. The van der Waals surface area contributed by atoms with Gasteiger partial charge in [-0.3, -0.25) is 0 Å². The molecule has 0 spiro atoms. The molecule has 2 amide bonds. The van der Waals surface area contributed by atoms with E-state index in [0.29, 0.717) is 12.1 Å². The predicted octanol–water partition coefficient (Wildman–Crippen LogP) is 1.32. The van der Waals surface area contributed by atoms with Gasteiger partial charge >= 0.3 is 6.03 Å². The number of nitrogens with zero attached hydrogens (tertiary/aromatic N) is 1. The number of amides is 2. The van der Waals surface area contributed by atoms with Gasteiger partial charge in [-0.15, -0.1) is 0 Å². The Morgan fingerprint density at radius 3 is 2.38 bits per heavy atom. The third-order valence-electron chi connectivity index (χ3n) is 3.65. The average Bonchev–Trinajstić information content (AvgIpc) is 2.70. The number of likely N-dealkylation sites (N-methyl/N-ethyl adjacent to an activating group) is 1. The van der Waals surface area contributed by atoms with Crippen LogP contribution in [0.25, 0.3) is 0 Å². The van der Waals surface area contributed by atoms with Gasteiger partial charge in [0.25, 0.3) is 0 Å². The summed E-state index contributed by atoms with van der Waals surface area (Å²) in [6.45, 7) is 2.14. The summed E-state index contributed by atoms with van der Waals surface area (Å²) in [6, 6.07) is 0.786. The van der Waals surface area contributed by atoms with Gasteiger partial charge in [0.15, 0.2) is 0 Å². The van der Waals surface area contributed by atoms with E-state index in [0.717, 1.165) is 32.4 Å². The van der Waals surface area contributed by atoms with Crippen molar-refractivity contribution in [1.29, 1.82) is 0 Å². The van der Waals surface area contributed by atoms with Crippen LogP contribution >= 0.6 is 0 Å². The topological polar surface area (TPSA) is 44.4 Å². The van der Waals surface area contributed by atoms with Crippen molar-refractivity contribution in [2.45, 2.75) is 50.6 Å². The van der Waals surface area contributed by atoms with E-state index in [9.17, 15) is 4.79 Å².